The summed E-state index contributed by atoms with van der Waals surface area (Å²) in [6.45, 7) is 1.87. The number of hydrogen-bond acceptors (Lipinski definition) is 3. The average molecular weight is 306 g/mol. The van der Waals surface area contributed by atoms with Crippen LogP contribution in [0.2, 0.25) is 5.02 Å². The molecule has 0 saturated heterocycles. The predicted molar refractivity (Wildman–Crippen MR) is 83.3 cm³/mol. The van der Waals surface area contributed by atoms with E-state index in [1.807, 2.05) is 31.2 Å². The van der Waals surface area contributed by atoms with Crippen LogP contribution in [-0.4, -0.2) is 19.6 Å². The van der Waals surface area contributed by atoms with Gasteiger partial charge in [-0.1, -0.05) is 29.8 Å². The molecule has 0 saturated carbocycles. The highest BCUT2D eigenvalue weighted by molar-refractivity contribution is 6.32. The number of nitrogens with one attached hydrogen (secondary N) is 1. The molecule has 2 rings (SSSR count). The smallest absolute Gasteiger partial charge is 0.262 e. The van der Waals surface area contributed by atoms with Crippen LogP contribution in [0.5, 0.6) is 11.5 Å². The van der Waals surface area contributed by atoms with Crippen LogP contribution < -0.4 is 14.8 Å². The van der Waals surface area contributed by atoms with Crippen molar-refractivity contribution in [3.8, 4) is 11.5 Å². The second-order valence-corrected chi connectivity index (χ2v) is 4.86. The number of methoxy groups -OCH3 is 1. The number of amides is 1. The Bertz CT molecular complexity index is 643. The van der Waals surface area contributed by atoms with Gasteiger partial charge in [-0.25, -0.2) is 0 Å². The summed E-state index contributed by atoms with van der Waals surface area (Å²) in [4.78, 5) is 11.9. The molecule has 0 bridgehead atoms. The number of rotatable bonds is 5. The maximum absolute atomic E-state index is 11.9. The third-order valence-corrected chi connectivity index (χ3v) is 3.18. The van der Waals surface area contributed by atoms with Gasteiger partial charge in [0, 0.05) is 5.69 Å². The Hall–Kier alpha value is -2.20. The number of para-hydroxylation sites is 1. The fraction of sp³-hybridized carbons (Fsp3) is 0.188. The standard InChI is InChI=1S/C16H16ClNO3/c1-11-5-3-4-6-14(11)21-10-16(19)18-12-7-8-15(20-2)13(17)9-12/h3-9H,10H2,1-2H3,(H,18,19). The Balaban J connectivity index is 1.93. The molecule has 0 atom stereocenters. The van der Waals surface area contributed by atoms with Crippen LogP contribution in [0.1, 0.15) is 5.56 Å². The molecule has 0 radical (unpaired) electrons. The number of carbonyl (C=O) groups is 1. The monoisotopic (exact) mass is 305 g/mol. The van der Waals surface area contributed by atoms with Gasteiger partial charge in [0.25, 0.3) is 5.91 Å². The van der Waals surface area contributed by atoms with Gasteiger partial charge in [-0.05, 0) is 36.8 Å². The number of carbonyl (C=O) groups excluding carboxylic acids is 1. The first-order valence-corrected chi connectivity index (χ1v) is 6.80. The molecule has 0 aliphatic heterocycles. The molecule has 0 spiro atoms. The fourth-order valence-corrected chi connectivity index (χ4v) is 2.06. The van der Waals surface area contributed by atoms with Crippen LogP contribution in [-0.2, 0) is 4.79 Å². The van der Waals surface area contributed by atoms with Crippen LogP contribution in [0.15, 0.2) is 42.5 Å². The van der Waals surface area contributed by atoms with Crippen molar-refractivity contribution in [3.63, 3.8) is 0 Å². The highest BCUT2D eigenvalue weighted by atomic mass is 35.5. The molecule has 2 aromatic rings. The molecule has 0 fully saturated rings. The third-order valence-electron chi connectivity index (χ3n) is 2.89. The number of halogens is 1. The lowest BCUT2D eigenvalue weighted by Crippen LogP contribution is -2.20. The summed E-state index contributed by atoms with van der Waals surface area (Å²) in [5, 5.41) is 3.16. The van der Waals surface area contributed by atoms with E-state index in [2.05, 4.69) is 5.32 Å². The van der Waals surface area contributed by atoms with Gasteiger partial charge in [0.15, 0.2) is 6.61 Å². The molecule has 1 N–H and O–H groups in total. The molecule has 0 aliphatic carbocycles. The van der Waals surface area contributed by atoms with Gasteiger partial charge >= 0.3 is 0 Å². The van der Waals surface area contributed by atoms with Crippen LogP contribution in [0.3, 0.4) is 0 Å². The molecule has 110 valence electrons. The lowest BCUT2D eigenvalue weighted by Gasteiger charge is -2.10. The largest absolute Gasteiger partial charge is 0.495 e. The minimum atomic E-state index is -0.250. The molecule has 2 aromatic carbocycles. The van der Waals surface area contributed by atoms with Crippen molar-refractivity contribution >= 4 is 23.2 Å². The molecular formula is C16H16ClNO3. The first-order chi connectivity index (χ1) is 10.1. The molecular weight excluding hydrogens is 290 g/mol. The van der Waals surface area contributed by atoms with E-state index >= 15 is 0 Å². The predicted octanol–water partition coefficient (Wildman–Crippen LogP) is 3.67. The maximum Gasteiger partial charge on any atom is 0.262 e. The van der Waals surface area contributed by atoms with E-state index in [1.165, 1.54) is 7.11 Å². The summed E-state index contributed by atoms with van der Waals surface area (Å²) in [5.41, 5.74) is 1.58. The molecule has 4 nitrogen and oxygen atoms in total. The van der Waals surface area contributed by atoms with E-state index in [4.69, 9.17) is 21.1 Å². The molecule has 1 amide bonds. The Morgan fingerprint density at radius 1 is 1.19 bits per heavy atom. The van der Waals surface area contributed by atoms with Crippen molar-refractivity contribution in [2.24, 2.45) is 0 Å². The number of ether oxygens (including phenoxy) is 2. The Morgan fingerprint density at radius 2 is 1.95 bits per heavy atom. The zero-order valence-electron chi connectivity index (χ0n) is 11.9. The van der Waals surface area contributed by atoms with E-state index in [0.29, 0.717) is 22.2 Å². The molecule has 0 aliphatic rings. The van der Waals surface area contributed by atoms with Crippen molar-refractivity contribution in [1.29, 1.82) is 0 Å². The van der Waals surface area contributed by atoms with Crippen molar-refractivity contribution < 1.29 is 14.3 Å². The van der Waals surface area contributed by atoms with Crippen molar-refractivity contribution in [1.82, 2.24) is 0 Å². The summed E-state index contributed by atoms with van der Waals surface area (Å²) < 4.78 is 10.5. The maximum atomic E-state index is 11.9. The van der Waals surface area contributed by atoms with Gasteiger partial charge < -0.3 is 14.8 Å². The molecule has 5 heteroatoms. The van der Waals surface area contributed by atoms with Gasteiger partial charge in [-0.2, -0.15) is 0 Å². The summed E-state index contributed by atoms with van der Waals surface area (Å²) in [6.07, 6.45) is 0. The quantitative estimate of drug-likeness (QED) is 0.916. The zero-order valence-corrected chi connectivity index (χ0v) is 12.6. The fourth-order valence-electron chi connectivity index (χ4n) is 1.80. The van der Waals surface area contributed by atoms with Gasteiger partial charge in [-0.3, -0.25) is 4.79 Å². The lowest BCUT2D eigenvalue weighted by atomic mass is 10.2. The van der Waals surface area contributed by atoms with Crippen LogP contribution in [0, 0.1) is 6.92 Å². The highest BCUT2D eigenvalue weighted by Crippen LogP contribution is 2.27. The average Bonchev–Trinajstić information content (AvgIpc) is 2.46. The Morgan fingerprint density at radius 3 is 2.62 bits per heavy atom. The zero-order chi connectivity index (χ0) is 15.2. The summed E-state index contributed by atoms with van der Waals surface area (Å²) in [6, 6.07) is 12.6. The summed E-state index contributed by atoms with van der Waals surface area (Å²) in [5.74, 6) is 1.01. The van der Waals surface area contributed by atoms with E-state index < -0.39 is 0 Å². The number of hydrogen-bond donors (Lipinski definition) is 1. The molecule has 0 unspecified atom stereocenters. The molecule has 0 heterocycles. The van der Waals surface area contributed by atoms with Crippen LogP contribution >= 0.6 is 11.6 Å². The van der Waals surface area contributed by atoms with Gasteiger partial charge in [0.05, 0.1) is 12.1 Å². The molecule has 21 heavy (non-hydrogen) atoms. The first kappa shape index (κ1) is 15.2. The van der Waals surface area contributed by atoms with E-state index in [1.54, 1.807) is 18.2 Å². The lowest BCUT2D eigenvalue weighted by molar-refractivity contribution is -0.118. The summed E-state index contributed by atoms with van der Waals surface area (Å²) >= 11 is 6.00. The number of aryl methyl sites for hydroxylation is 1. The summed E-state index contributed by atoms with van der Waals surface area (Å²) in [7, 11) is 1.54. The van der Waals surface area contributed by atoms with Crippen molar-refractivity contribution in [2.45, 2.75) is 6.92 Å². The van der Waals surface area contributed by atoms with Crippen molar-refractivity contribution in [2.75, 3.05) is 19.0 Å². The van der Waals surface area contributed by atoms with E-state index in [-0.39, 0.29) is 12.5 Å². The normalized spacial score (nSPS) is 10.0. The number of benzene rings is 2. The topological polar surface area (TPSA) is 47.6 Å². The van der Waals surface area contributed by atoms with E-state index in [9.17, 15) is 4.79 Å². The Kier molecular flexibility index (Phi) is 5.06. The van der Waals surface area contributed by atoms with Crippen LogP contribution in [0.25, 0.3) is 0 Å². The second-order valence-electron chi connectivity index (χ2n) is 4.45. The van der Waals surface area contributed by atoms with Crippen LogP contribution in [0.4, 0.5) is 5.69 Å². The SMILES string of the molecule is COc1ccc(NC(=O)COc2ccccc2C)cc1Cl. The Labute approximate surface area is 128 Å². The third kappa shape index (κ3) is 4.13. The minimum absolute atomic E-state index is 0.0610. The van der Waals surface area contributed by atoms with Gasteiger partial charge in [0.1, 0.15) is 11.5 Å². The highest BCUT2D eigenvalue weighted by Gasteiger charge is 2.07. The number of anilines is 1. The van der Waals surface area contributed by atoms with Gasteiger partial charge in [0.2, 0.25) is 0 Å². The van der Waals surface area contributed by atoms with E-state index in [0.717, 1.165) is 5.56 Å². The molecule has 0 aromatic heterocycles. The first-order valence-electron chi connectivity index (χ1n) is 6.42. The minimum Gasteiger partial charge on any atom is -0.495 e. The second kappa shape index (κ2) is 6.99. The van der Waals surface area contributed by atoms with Gasteiger partial charge in [-0.15, -0.1) is 0 Å². The van der Waals surface area contributed by atoms with Crippen molar-refractivity contribution in [3.05, 3.63) is 53.1 Å².